The molecule has 1 aromatic rings. The number of nitrogens with zero attached hydrogens (tertiary/aromatic N) is 2. The van der Waals surface area contributed by atoms with Crippen molar-refractivity contribution in [2.45, 2.75) is 18.9 Å². The van der Waals surface area contributed by atoms with E-state index in [1.165, 1.54) is 25.9 Å². The van der Waals surface area contributed by atoms with E-state index in [1.54, 1.807) is 6.26 Å². The van der Waals surface area contributed by atoms with Crippen molar-refractivity contribution in [2.24, 2.45) is 5.73 Å². The molecule has 0 amide bonds. The van der Waals surface area contributed by atoms with Gasteiger partial charge in [0.2, 0.25) is 0 Å². The average Bonchev–Trinajstić information content (AvgIpc) is 3.00. The van der Waals surface area contributed by atoms with Gasteiger partial charge in [0.15, 0.2) is 0 Å². The molecule has 1 atom stereocenters. The molecule has 96 valence electrons. The smallest absolute Gasteiger partial charge is 0.122 e. The summed E-state index contributed by atoms with van der Waals surface area (Å²) in [5, 5.41) is 0. The molecule has 0 saturated carbocycles. The van der Waals surface area contributed by atoms with E-state index in [-0.39, 0.29) is 6.04 Å². The van der Waals surface area contributed by atoms with Crippen LogP contribution in [-0.2, 0) is 0 Å². The van der Waals surface area contributed by atoms with Crippen LogP contribution in [0.5, 0.6) is 0 Å². The zero-order valence-electron chi connectivity index (χ0n) is 10.6. The molecule has 1 aliphatic rings. The first-order valence-corrected chi connectivity index (χ1v) is 6.47. The molecule has 2 N–H and O–H groups in total. The van der Waals surface area contributed by atoms with Gasteiger partial charge in [-0.15, -0.1) is 0 Å². The van der Waals surface area contributed by atoms with E-state index in [4.69, 9.17) is 10.2 Å². The Morgan fingerprint density at radius 1 is 1.47 bits per heavy atom. The molecule has 0 aliphatic carbocycles. The van der Waals surface area contributed by atoms with Gasteiger partial charge in [0, 0.05) is 19.6 Å². The second-order valence-corrected chi connectivity index (χ2v) is 4.80. The van der Waals surface area contributed by atoms with Crippen LogP contribution in [0, 0.1) is 0 Å². The van der Waals surface area contributed by atoms with Gasteiger partial charge >= 0.3 is 0 Å². The minimum atomic E-state index is 0.201. The van der Waals surface area contributed by atoms with Gasteiger partial charge < -0.3 is 15.1 Å². The molecule has 2 heterocycles. The Kier molecular flexibility index (Phi) is 4.59. The Balaban J connectivity index is 1.82. The van der Waals surface area contributed by atoms with Crippen LogP contribution in [0.3, 0.4) is 0 Å². The van der Waals surface area contributed by atoms with Gasteiger partial charge in [-0.3, -0.25) is 4.90 Å². The van der Waals surface area contributed by atoms with Crippen molar-refractivity contribution in [3.05, 3.63) is 24.2 Å². The first kappa shape index (κ1) is 12.6. The lowest BCUT2D eigenvalue weighted by Crippen LogP contribution is -2.36. The number of likely N-dealkylation sites (N-methyl/N-ethyl adjacent to an activating group) is 1. The van der Waals surface area contributed by atoms with Crippen LogP contribution in [0.4, 0.5) is 0 Å². The van der Waals surface area contributed by atoms with Gasteiger partial charge in [-0.2, -0.15) is 0 Å². The largest absolute Gasteiger partial charge is 0.468 e. The summed E-state index contributed by atoms with van der Waals surface area (Å²) >= 11 is 0. The Labute approximate surface area is 103 Å². The minimum Gasteiger partial charge on any atom is -0.468 e. The Morgan fingerprint density at radius 2 is 2.24 bits per heavy atom. The highest BCUT2D eigenvalue weighted by Crippen LogP contribution is 2.18. The molecule has 1 aromatic heterocycles. The van der Waals surface area contributed by atoms with E-state index in [1.807, 2.05) is 12.1 Å². The van der Waals surface area contributed by atoms with Crippen molar-refractivity contribution in [1.82, 2.24) is 9.80 Å². The fraction of sp³-hybridized carbons (Fsp3) is 0.692. The summed E-state index contributed by atoms with van der Waals surface area (Å²) in [4.78, 5) is 4.81. The van der Waals surface area contributed by atoms with Crippen LogP contribution in [0.1, 0.15) is 24.6 Å². The van der Waals surface area contributed by atoms with Crippen molar-refractivity contribution in [1.29, 1.82) is 0 Å². The average molecular weight is 237 g/mol. The standard InChI is InChI=1S/C13H23N3O/c1-15(8-9-16-6-2-3-7-16)12(11-14)13-5-4-10-17-13/h4-5,10,12H,2-3,6-9,11,14H2,1H3. The lowest BCUT2D eigenvalue weighted by Gasteiger charge is -2.27. The summed E-state index contributed by atoms with van der Waals surface area (Å²) in [5.41, 5.74) is 5.83. The van der Waals surface area contributed by atoms with Crippen LogP contribution in [0.2, 0.25) is 0 Å². The molecule has 0 aromatic carbocycles. The van der Waals surface area contributed by atoms with Crippen molar-refractivity contribution < 1.29 is 4.42 Å². The lowest BCUT2D eigenvalue weighted by atomic mass is 10.2. The van der Waals surface area contributed by atoms with Gasteiger partial charge in [-0.25, -0.2) is 0 Å². The first-order valence-electron chi connectivity index (χ1n) is 6.47. The zero-order valence-corrected chi connectivity index (χ0v) is 10.6. The van der Waals surface area contributed by atoms with E-state index < -0.39 is 0 Å². The number of hydrogen-bond acceptors (Lipinski definition) is 4. The normalized spacial score (nSPS) is 19.0. The molecule has 1 aliphatic heterocycles. The van der Waals surface area contributed by atoms with Crippen LogP contribution < -0.4 is 5.73 Å². The monoisotopic (exact) mass is 237 g/mol. The van der Waals surface area contributed by atoms with E-state index in [0.717, 1.165) is 18.8 Å². The van der Waals surface area contributed by atoms with Gasteiger partial charge in [0.05, 0.1) is 12.3 Å². The second kappa shape index (κ2) is 6.19. The summed E-state index contributed by atoms with van der Waals surface area (Å²) in [5.74, 6) is 0.969. The molecular weight excluding hydrogens is 214 g/mol. The predicted octanol–water partition coefficient (Wildman–Crippen LogP) is 1.31. The highest BCUT2D eigenvalue weighted by Gasteiger charge is 2.19. The summed E-state index contributed by atoms with van der Waals surface area (Å²) in [7, 11) is 2.12. The number of furan rings is 1. The SMILES string of the molecule is CN(CCN1CCCC1)C(CN)c1ccco1. The topological polar surface area (TPSA) is 45.6 Å². The number of likely N-dealkylation sites (tertiary alicyclic amines) is 1. The Bertz CT molecular complexity index is 306. The molecule has 17 heavy (non-hydrogen) atoms. The summed E-state index contributed by atoms with van der Waals surface area (Å²) in [6.07, 6.45) is 4.41. The Morgan fingerprint density at radius 3 is 2.82 bits per heavy atom. The van der Waals surface area contributed by atoms with Crippen molar-refractivity contribution >= 4 is 0 Å². The fourth-order valence-electron chi connectivity index (χ4n) is 2.46. The van der Waals surface area contributed by atoms with E-state index in [2.05, 4.69) is 16.8 Å². The number of hydrogen-bond donors (Lipinski definition) is 1. The van der Waals surface area contributed by atoms with Crippen LogP contribution in [0.15, 0.2) is 22.8 Å². The first-order chi connectivity index (χ1) is 8.31. The summed E-state index contributed by atoms with van der Waals surface area (Å²) in [6.45, 7) is 5.28. The third kappa shape index (κ3) is 3.31. The molecule has 1 saturated heterocycles. The Hall–Kier alpha value is -0.840. The molecule has 4 nitrogen and oxygen atoms in total. The predicted molar refractivity (Wildman–Crippen MR) is 68.8 cm³/mol. The highest BCUT2D eigenvalue weighted by atomic mass is 16.3. The van der Waals surface area contributed by atoms with Gasteiger partial charge in [0.25, 0.3) is 0 Å². The zero-order chi connectivity index (χ0) is 12.1. The van der Waals surface area contributed by atoms with E-state index >= 15 is 0 Å². The number of nitrogens with two attached hydrogens (primary N) is 1. The molecule has 0 bridgehead atoms. The van der Waals surface area contributed by atoms with Crippen molar-refractivity contribution in [2.75, 3.05) is 39.8 Å². The molecule has 0 spiro atoms. The molecule has 1 unspecified atom stereocenters. The molecular formula is C13H23N3O. The third-order valence-corrected chi connectivity index (χ3v) is 3.59. The maximum atomic E-state index is 5.83. The second-order valence-electron chi connectivity index (χ2n) is 4.80. The maximum absolute atomic E-state index is 5.83. The third-order valence-electron chi connectivity index (χ3n) is 3.59. The lowest BCUT2D eigenvalue weighted by molar-refractivity contribution is 0.191. The minimum absolute atomic E-state index is 0.201. The quantitative estimate of drug-likeness (QED) is 0.810. The fourth-order valence-corrected chi connectivity index (χ4v) is 2.46. The van der Waals surface area contributed by atoms with E-state index in [9.17, 15) is 0 Å². The molecule has 1 fully saturated rings. The van der Waals surface area contributed by atoms with Gasteiger partial charge in [0.1, 0.15) is 5.76 Å². The van der Waals surface area contributed by atoms with Gasteiger partial charge in [-0.1, -0.05) is 0 Å². The maximum Gasteiger partial charge on any atom is 0.122 e. The van der Waals surface area contributed by atoms with Gasteiger partial charge in [-0.05, 0) is 45.1 Å². The van der Waals surface area contributed by atoms with Crippen LogP contribution >= 0.6 is 0 Å². The number of rotatable bonds is 6. The molecule has 2 rings (SSSR count). The van der Waals surface area contributed by atoms with Crippen molar-refractivity contribution in [3.8, 4) is 0 Å². The summed E-state index contributed by atoms with van der Waals surface area (Å²) in [6, 6.07) is 4.13. The highest BCUT2D eigenvalue weighted by molar-refractivity contribution is 5.05. The van der Waals surface area contributed by atoms with Crippen LogP contribution in [0.25, 0.3) is 0 Å². The van der Waals surface area contributed by atoms with E-state index in [0.29, 0.717) is 6.54 Å². The summed E-state index contributed by atoms with van der Waals surface area (Å²) < 4.78 is 5.44. The molecule has 4 heteroatoms. The van der Waals surface area contributed by atoms with Crippen LogP contribution in [-0.4, -0.2) is 49.6 Å². The molecule has 0 radical (unpaired) electrons. The van der Waals surface area contributed by atoms with Crippen molar-refractivity contribution in [3.63, 3.8) is 0 Å².